The average Bonchev–Trinajstić information content (AvgIpc) is 2.55. The van der Waals surface area contributed by atoms with Gasteiger partial charge in [0.15, 0.2) is 0 Å². The molecule has 0 atom stereocenters. The number of aromatic nitrogens is 2. The number of hydrogen-bond acceptors (Lipinski definition) is 7. The molecule has 1 aromatic carbocycles. The van der Waals surface area contributed by atoms with Crippen LogP contribution in [0.3, 0.4) is 0 Å². The molecule has 2 aromatic heterocycles. The fourth-order valence-corrected chi connectivity index (χ4v) is 2.10. The zero-order chi connectivity index (χ0) is 19.0. The van der Waals surface area contributed by atoms with Crippen LogP contribution < -0.4 is 10.8 Å². The van der Waals surface area contributed by atoms with Gasteiger partial charge in [0.05, 0.1) is 17.0 Å². The minimum atomic E-state index is -1.50. The number of carboxylic acids is 1. The van der Waals surface area contributed by atoms with E-state index in [0.29, 0.717) is 0 Å². The molecule has 142 valence electrons. The van der Waals surface area contributed by atoms with Gasteiger partial charge in [-0.1, -0.05) is 12.1 Å². The van der Waals surface area contributed by atoms with E-state index in [2.05, 4.69) is 41.7 Å². The quantitative estimate of drug-likeness (QED) is 0.258. The Morgan fingerprint density at radius 1 is 1.08 bits per heavy atom. The van der Waals surface area contributed by atoms with E-state index in [1.807, 2.05) is 24.5 Å². The standard InChI is InChI=1S/C14H12N2.C2H5NO2.Cu.HNO3/c1-9-5-7-15-13-11(9)3-4-12-10(2)6-8-16-14(12)13;3-1-2(4)5;;2-1(3)4/h3-8H,1-2H3;1,3H2,(H,4,5);;(H,2,3,4)/q;;+1;/p-1. The number of aliphatic carboxylic acids is 1. The molecule has 0 aliphatic rings. The van der Waals surface area contributed by atoms with Gasteiger partial charge in [-0.25, -0.2) is 0 Å². The van der Waals surface area contributed by atoms with Crippen LogP contribution in [0, 0.1) is 24.0 Å². The topological polar surface area (TPSA) is 155 Å². The van der Waals surface area contributed by atoms with Gasteiger partial charge < -0.3 is 20.8 Å². The first-order valence-electron chi connectivity index (χ1n) is 7.10. The summed E-state index contributed by atoms with van der Waals surface area (Å²) in [7, 11) is 0. The first kappa shape index (κ1) is 23.2. The van der Waals surface area contributed by atoms with Crippen molar-refractivity contribution in [1.29, 1.82) is 0 Å². The summed E-state index contributed by atoms with van der Waals surface area (Å²) in [6, 6.07) is 8.33. The van der Waals surface area contributed by atoms with Gasteiger partial charge >= 0.3 is 17.1 Å². The van der Waals surface area contributed by atoms with E-state index in [9.17, 15) is 0 Å². The van der Waals surface area contributed by atoms with E-state index in [1.165, 1.54) is 21.9 Å². The molecule has 3 rings (SSSR count). The zero-order valence-electron chi connectivity index (χ0n) is 14.0. The van der Waals surface area contributed by atoms with Gasteiger partial charge in [0.1, 0.15) is 0 Å². The first-order chi connectivity index (χ1) is 11.8. The number of carboxylic acid groups (broad SMARTS) is 1. The molecule has 9 nitrogen and oxygen atoms in total. The van der Waals surface area contributed by atoms with E-state index in [-0.39, 0.29) is 23.6 Å². The van der Waals surface area contributed by atoms with Crippen molar-refractivity contribution < 1.29 is 37.3 Å². The Morgan fingerprint density at radius 3 is 1.65 bits per heavy atom. The Balaban J connectivity index is 0.000000532. The van der Waals surface area contributed by atoms with Crippen molar-refractivity contribution in [3.05, 3.63) is 57.9 Å². The monoisotopic (exact) mass is 408 g/mol. The fourth-order valence-electron chi connectivity index (χ4n) is 2.10. The van der Waals surface area contributed by atoms with Crippen LogP contribution in [0.1, 0.15) is 11.1 Å². The SMILES string of the molecule is Cc1ccnc2c1ccc1c(C)ccnc12.NCC(=O)[O-].O=[N+]([O-])O.[Cu+]. The van der Waals surface area contributed by atoms with Crippen LogP contribution in [0.5, 0.6) is 0 Å². The number of rotatable bonds is 1. The van der Waals surface area contributed by atoms with E-state index < -0.39 is 11.1 Å². The number of carbonyl (C=O) groups excluding carboxylic acids is 1. The second-order valence-electron chi connectivity index (χ2n) is 4.93. The summed E-state index contributed by atoms with van der Waals surface area (Å²) in [4.78, 5) is 26.4. The molecule has 2 heterocycles. The Hall–Kier alpha value is -2.81. The molecule has 0 bridgehead atoms. The number of aryl methyl sites for hydroxylation is 2. The molecule has 3 aromatic rings. The second-order valence-corrected chi connectivity index (χ2v) is 4.93. The van der Waals surface area contributed by atoms with Crippen LogP contribution in [0.2, 0.25) is 0 Å². The van der Waals surface area contributed by atoms with Crippen molar-refractivity contribution in [2.75, 3.05) is 6.54 Å². The number of hydrogen-bond donors (Lipinski definition) is 2. The molecule has 0 radical (unpaired) electrons. The maximum absolute atomic E-state index is 9.13. The molecule has 0 unspecified atom stereocenters. The van der Waals surface area contributed by atoms with Crippen LogP contribution in [0.4, 0.5) is 0 Å². The van der Waals surface area contributed by atoms with Crippen LogP contribution in [-0.4, -0.2) is 32.8 Å². The molecule has 0 saturated carbocycles. The van der Waals surface area contributed by atoms with Crippen LogP contribution in [0.15, 0.2) is 36.7 Å². The maximum atomic E-state index is 9.13. The van der Waals surface area contributed by atoms with Crippen molar-refractivity contribution in [1.82, 2.24) is 9.97 Å². The zero-order valence-corrected chi connectivity index (χ0v) is 14.9. The number of nitrogens with two attached hydrogens (primary N) is 1. The van der Waals surface area contributed by atoms with Crippen molar-refractivity contribution in [3.8, 4) is 0 Å². The van der Waals surface area contributed by atoms with Crippen molar-refractivity contribution >= 4 is 27.8 Å². The molecule has 0 aliphatic carbocycles. The summed E-state index contributed by atoms with van der Waals surface area (Å²) in [5.41, 5.74) is 9.00. The predicted molar refractivity (Wildman–Crippen MR) is 89.4 cm³/mol. The van der Waals surface area contributed by atoms with Gasteiger partial charge in [0.25, 0.3) is 5.09 Å². The average molecular weight is 409 g/mol. The Morgan fingerprint density at radius 2 is 1.38 bits per heavy atom. The van der Waals surface area contributed by atoms with Gasteiger partial charge in [0.2, 0.25) is 0 Å². The van der Waals surface area contributed by atoms with E-state index in [1.54, 1.807) is 0 Å². The minimum absolute atomic E-state index is 0. The normalized spacial score (nSPS) is 9.19. The Bertz CT molecular complexity index is 840. The third-order valence-corrected chi connectivity index (χ3v) is 3.22. The van der Waals surface area contributed by atoms with Crippen LogP contribution in [0.25, 0.3) is 21.8 Å². The molecule has 0 saturated heterocycles. The predicted octanol–water partition coefficient (Wildman–Crippen LogP) is 0.745. The second kappa shape index (κ2) is 10.9. The van der Waals surface area contributed by atoms with Crippen molar-refractivity contribution in [2.45, 2.75) is 13.8 Å². The number of carbonyl (C=O) groups is 1. The number of benzene rings is 1. The van der Waals surface area contributed by atoms with Gasteiger partial charge in [-0.2, -0.15) is 0 Å². The molecule has 0 amide bonds. The smallest absolute Gasteiger partial charge is 0.549 e. The largest absolute Gasteiger partial charge is 1.00 e. The molecular weight excluding hydrogens is 392 g/mol. The molecule has 0 fully saturated rings. The van der Waals surface area contributed by atoms with Crippen LogP contribution in [-0.2, 0) is 21.9 Å². The van der Waals surface area contributed by atoms with Gasteiger partial charge in [-0.3, -0.25) is 9.97 Å². The third kappa shape index (κ3) is 6.59. The summed E-state index contributed by atoms with van der Waals surface area (Å²) in [6.07, 6.45) is 3.70. The number of pyridine rings is 2. The van der Waals surface area contributed by atoms with Crippen LogP contribution >= 0.6 is 0 Å². The fraction of sp³-hybridized carbons (Fsp3) is 0.188. The first-order valence-corrected chi connectivity index (χ1v) is 7.10. The molecule has 3 N–H and O–H groups in total. The number of nitrogens with zero attached hydrogens (tertiary/aromatic N) is 3. The Kier molecular flexibility index (Phi) is 9.75. The van der Waals surface area contributed by atoms with Gasteiger partial charge in [-0.15, -0.1) is 10.1 Å². The summed E-state index contributed by atoms with van der Waals surface area (Å²) in [6.45, 7) is 3.82. The number of fused-ring (bicyclic) bond motifs is 3. The molecule has 0 spiro atoms. The summed E-state index contributed by atoms with van der Waals surface area (Å²) >= 11 is 0. The van der Waals surface area contributed by atoms with E-state index in [4.69, 9.17) is 25.2 Å². The molecular formula is C16H17CuN4O5. The third-order valence-electron chi connectivity index (χ3n) is 3.22. The van der Waals surface area contributed by atoms with E-state index >= 15 is 0 Å². The summed E-state index contributed by atoms with van der Waals surface area (Å²) in [5.74, 6) is -1.22. The molecule has 0 aliphatic heterocycles. The summed E-state index contributed by atoms with van der Waals surface area (Å²) < 4.78 is 0. The van der Waals surface area contributed by atoms with Crippen molar-refractivity contribution in [2.24, 2.45) is 5.73 Å². The molecule has 10 heteroatoms. The summed E-state index contributed by atoms with van der Waals surface area (Å²) in [5, 5.41) is 25.1. The maximum Gasteiger partial charge on any atom is 1.00 e. The minimum Gasteiger partial charge on any atom is -0.549 e. The van der Waals surface area contributed by atoms with E-state index in [0.717, 1.165) is 11.0 Å². The van der Waals surface area contributed by atoms with Crippen molar-refractivity contribution in [3.63, 3.8) is 0 Å². The Labute approximate surface area is 159 Å². The van der Waals surface area contributed by atoms with Gasteiger partial charge in [-0.05, 0) is 37.1 Å². The molecule has 26 heavy (non-hydrogen) atoms. The van der Waals surface area contributed by atoms with Gasteiger partial charge in [0, 0.05) is 29.7 Å².